The number of carbonyl (C=O) groups is 1. The molecule has 1 aliphatic rings. The zero-order chi connectivity index (χ0) is 18.1. The molecule has 0 aliphatic carbocycles. The number of likely N-dealkylation sites (tertiary alicyclic amines) is 1. The third kappa shape index (κ3) is 4.65. The predicted octanol–water partition coefficient (Wildman–Crippen LogP) is 2.33. The van der Waals surface area contributed by atoms with Crippen molar-refractivity contribution in [3.63, 3.8) is 0 Å². The predicted molar refractivity (Wildman–Crippen MR) is 96.9 cm³/mol. The number of piperidine rings is 1. The van der Waals surface area contributed by atoms with Crippen LogP contribution in [0.4, 0.5) is 0 Å². The van der Waals surface area contributed by atoms with Crippen LogP contribution in [0.25, 0.3) is 0 Å². The van der Waals surface area contributed by atoms with E-state index in [4.69, 9.17) is 0 Å². The van der Waals surface area contributed by atoms with E-state index in [2.05, 4.69) is 22.6 Å². The Morgan fingerprint density at radius 3 is 2.29 bits per heavy atom. The highest BCUT2D eigenvalue weighted by Gasteiger charge is 2.23. The van der Waals surface area contributed by atoms with E-state index in [0.29, 0.717) is 0 Å². The van der Waals surface area contributed by atoms with Crippen LogP contribution < -0.4 is 4.72 Å². The fourth-order valence-corrected chi connectivity index (χ4v) is 4.59. The topological polar surface area (TPSA) is 66.5 Å². The monoisotopic (exact) mass is 352 g/mol. The van der Waals surface area contributed by atoms with Gasteiger partial charge in [0.05, 0.1) is 6.26 Å². The van der Waals surface area contributed by atoms with Crippen molar-refractivity contribution in [2.45, 2.75) is 53.1 Å². The molecule has 1 aromatic rings. The lowest BCUT2D eigenvalue weighted by atomic mass is 9.91. The number of benzene rings is 1. The van der Waals surface area contributed by atoms with E-state index in [0.717, 1.165) is 49.2 Å². The van der Waals surface area contributed by atoms with Crippen molar-refractivity contribution in [3.05, 3.63) is 33.9 Å². The van der Waals surface area contributed by atoms with Gasteiger partial charge in [-0.3, -0.25) is 9.69 Å². The number of hydrogen-bond donors (Lipinski definition) is 1. The summed E-state index contributed by atoms with van der Waals surface area (Å²) in [4.78, 5) is 14.3. The third-order valence-corrected chi connectivity index (χ3v) is 5.59. The molecule has 0 radical (unpaired) electrons. The van der Waals surface area contributed by atoms with E-state index in [1.807, 2.05) is 13.8 Å². The van der Waals surface area contributed by atoms with Gasteiger partial charge in [-0.1, -0.05) is 6.07 Å². The molecule has 1 saturated heterocycles. The summed E-state index contributed by atoms with van der Waals surface area (Å²) < 4.78 is 25.4. The number of aryl methyl sites for hydroxylation is 2. The fraction of sp³-hybridized carbons (Fsp3) is 0.611. The molecule has 24 heavy (non-hydrogen) atoms. The lowest BCUT2D eigenvalue weighted by molar-refractivity contribution is 0.101. The number of sulfonamides is 1. The van der Waals surface area contributed by atoms with Gasteiger partial charge >= 0.3 is 0 Å². The molecule has 1 heterocycles. The first-order valence-electron chi connectivity index (χ1n) is 8.38. The lowest BCUT2D eigenvalue weighted by Gasteiger charge is -2.33. The second-order valence-electron chi connectivity index (χ2n) is 6.99. The van der Waals surface area contributed by atoms with Gasteiger partial charge in [-0.15, -0.1) is 0 Å². The van der Waals surface area contributed by atoms with E-state index < -0.39 is 10.0 Å². The Kier molecular flexibility index (Phi) is 5.83. The molecule has 0 aromatic heterocycles. The molecule has 0 bridgehead atoms. The molecule has 0 atom stereocenters. The SMILES string of the molecule is CC(=O)c1c(C)cc(C)c(CN2CCC(NS(C)(=O)=O)CC2)c1C. The second kappa shape index (κ2) is 7.33. The molecule has 1 fully saturated rings. The van der Waals surface area contributed by atoms with Crippen molar-refractivity contribution in [3.8, 4) is 0 Å². The highest BCUT2D eigenvalue weighted by molar-refractivity contribution is 7.88. The van der Waals surface area contributed by atoms with Crippen LogP contribution in [-0.2, 0) is 16.6 Å². The number of rotatable bonds is 5. The van der Waals surface area contributed by atoms with E-state index in [9.17, 15) is 13.2 Å². The highest BCUT2D eigenvalue weighted by atomic mass is 32.2. The van der Waals surface area contributed by atoms with Crippen LogP contribution in [0.2, 0.25) is 0 Å². The molecular weight excluding hydrogens is 324 g/mol. The maximum absolute atomic E-state index is 11.9. The van der Waals surface area contributed by atoms with Crippen molar-refractivity contribution in [2.24, 2.45) is 0 Å². The molecule has 0 saturated carbocycles. The fourth-order valence-electron chi connectivity index (χ4n) is 3.75. The summed E-state index contributed by atoms with van der Waals surface area (Å²) in [5, 5.41) is 0. The first-order valence-corrected chi connectivity index (χ1v) is 10.3. The molecule has 0 unspecified atom stereocenters. The van der Waals surface area contributed by atoms with Gasteiger partial charge < -0.3 is 0 Å². The van der Waals surface area contributed by atoms with Crippen molar-refractivity contribution in [1.82, 2.24) is 9.62 Å². The van der Waals surface area contributed by atoms with Gasteiger partial charge in [0.1, 0.15) is 0 Å². The molecular formula is C18H28N2O3S. The normalized spacial score (nSPS) is 17.2. The molecule has 1 N–H and O–H groups in total. The maximum Gasteiger partial charge on any atom is 0.208 e. The standard InChI is InChI=1S/C18H28N2O3S/c1-12-10-13(2)18(15(4)21)14(3)17(12)11-20-8-6-16(7-9-20)19-24(5,22)23/h10,16,19H,6-9,11H2,1-5H3. The van der Waals surface area contributed by atoms with Gasteiger partial charge in [-0.25, -0.2) is 13.1 Å². The van der Waals surface area contributed by atoms with E-state index in [1.165, 1.54) is 17.4 Å². The summed E-state index contributed by atoms with van der Waals surface area (Å²) in [5.74, 6) is 0.113. The molecule has 2 rings (SSSR count). The van der Waals surface area contributed by atoms with Crippen LogP contribution in [0.1, 0.15) is 52.4 Å². The minimum Gasteiger partial charge on any atom is -0.299 e. The van der Waals surface area contributed by atoms with Gasteiger partial charge in [0.25, 0.3) is 0 Å². The van der Waals surface area contributed by atoms with Crippen molar-refractivity contribution in [1.29, 1.82) is 0 Å². The van der Waals surface area contributed by atoms with Crippen molar-refractivity contribution in [2.75, 3.05) is 19.3 Å². The number of ketones is 1. The van der Waals surface area contributed by atoms with E-state index in [1.54, 1.807) is 6.92 Å². The van der Waals surface area contributed by atoms with Crippen LogP contribution in [0, 0.1) is 20.8 Å². The van der Waals surface area contributed by atoms with Gasteiger partial charge in [-0.2, -0.15) is 0 Å². The van der Waals surface area contributed by atoms with Crippen LogP contribution >= 0.6 is 0 Å². The van der Waals surface area contributed by atoms with Crippen LogP contribution in [0.5, 0.6) is 0 Å². The molecule has 0 amide bonds. The Labute approximate surface area is 145 Å². The Morgan fingerprint density at radius 2 is 1.79 bits per heavy atom. The largest absolute Gasteiger partial charge is 0.299 e. The van der Waals surface area contributed by atoms with E-state index >= 15 is 0 Å². The number of nitrogens with zero attached hydrogens (tertiary/aromatic N) is 1. The summed E-state index contributed by atoms with van der Waals surface area (Å²) in [6.07, 6.45) is 2.84. The van der Waals surface area contributed by atoms with Gasteiger partial charge in [0.15, 0.2) is 5.78 Å². The number of nitrogens with one attached hydrogen (secondary N) is 1. The summed E-state index contributed by atoms with van der Waals surface area (Å²) in [6.45, 7) is 10.3. The average Bonchev–Trinajstić information content (AvgIpc) is 2.42. The van der Waals surface area contributed by atoms with Gasteiger partial charge in [0, 0.05) is 31.2 Å². The Bertz CT molecular complexity index is 733. The summed E-state index contributed by atoms with van der Waals surface area (Å²) in [7, 11) is -3.14. The highest BCUT2D eigenvalue weighted by Crippen LogP contribution is 2.25. The maximum atomic E-state index is 11.9. The van der Waals surface area contributed by atoms with Crippen LogP contribution in [0.3, 0.4) is 0 Å². The van der Waals surface area contributed by atoms with Crippen LogP contribution in [-0.4, -0.2) is 44.5 Å². The Hall–Kier alpha value is -1.24. The summed E-state index contributed by atoms with van der Waals surface area (Å²) in [5.41, 5.74) is 5.39. The first kappa shape index (κ1) is 19.1. The number of carbonyl (C=O) groups excluding carboxylic acids is 1. The van der Waals surface area contributed by atoms with Crippen molar-refractivity contribution < 1.29 is 13.2 Å². The molecule has 6 heteroatoms. The van der Waals surface area contributed by atoms with Gasteiger partial charge in [0.2, 0.25) is 10.0 Å². The molecule has 1 aromatic carbocycles. The first-order chi connectivity index (χ1) is 11.1. The zero-order valence-electron chi connectivity index (χ0n) is 15.3. The van der Waals surface area contributed by atoms with E-state index in [-0.39, 0.29) is 11.8 Å². The quantitative estimate of drug-likeness (QED) is 0.826. The van der Waals surface area contributed by atoms with Crippen LogP contribution in [0.15, 0.2) is 6.07 Å². The molecule has 5 nitrogen and oxygen atoms in total. The smallest absolute Gasteiger partial charge is 0.208 e. The minimum absolute atomic E-state index is 0.0317. The Balaban J connectivity index is 2.10. The summed E-state index contributed by atoms with van der Waals surface area (Å²) in [6, 6.07) is 2.13. The number of Topliss-reactive ketones (excluding diaryl/α,β-unsaturated/α-hetero) is 1. The third-order valence-electron chi connectivity index (χ3n) is 4.83. The molecule has 0 spiro atoms. The summed E-state index contributed by atoms with van der Waals surface area (Å²) >= 11 is 0. The minimum atomic E-state index is -3.14. The second-order valence-corrected chi connectivity index (χ2v) is 8.77. The van der Waals surface area contributed by atoms with Crippen molar-refractivity contribution >= 4 is 15.8 Å². The average molecular weight is 353 g/mol. The Morgan fingerprint density at radius 1 is 1.21 bits per heavy atom. The molecule has 1 aliphatic heterocycles. The van der Waals surface area contributed by atoms with Gasteiger partial charge in [-0.05, 0) is 62.8 Å². The zero-order valence-corrected chi connectivity index (χ0v) is 16.1. The number of hydrogen-bond acceptors (Lipinski definition) is 4. The molecule has 134 valence electrons. The lowest BCUT2D eigenvalue weighted by Crippen LogP contribution is -2.44.